The minimum atomic E-state index is -0.471. The summed E-state index contributed by atoms with van der Waals surface area (Å²) in [6, 6.07) is 9.89. The standard InChI is InChI=1S/C21H18FNO4S2/c1-13-23-18(10-28-13)11-29-19-4-2-14(3-5-19)21(24)26-9-16-7-17(22)6-15-8-25-12-27-20(15)16/h2-7,10H,8-9,11-12H2,1H3. The summed E-state index contributed by atoms with van der Waals surface area (Å²) in [6.07, 6.45) is 0. The van der Waals surface area contributed by atoms with Gasteiger partial charge in [0.15, 0.2) is 6.79 Å². The summed E-state index contributed by atoms with van der Waals surface area (Å²) in [5.74, 6) is 0.416. The number of carbonyl (C=O) groups is 1. The van der Waals surface area contributed by atoms with E-state index in [9.17, 15) is 9.18 Å². The Labute approximate surface area is 175 Å². The molecule has 0 unspecified atom stereocenters. The zero-order chi connectivity index (χ0) is 20.2. The minimum absolute atomic E-state index is 0.0708. The van der Waals surface area contributed by atoms with Gasteiger partial charge in [-0.1, -0.05) is 0 Å². The number of hydrogen-bond donors (Lipinski definition) is 0. The molecule has 5 nitrogen and oxygen atoms in total. The van der Waals surface area contributed by atoms with Crippen molar-refractivity contribution in [3.63, 3.8) is 0 Å². The van der Waals surface area contributed by atoms with Gasteiger partial charge in [0.25, 0.3) is 0 Å². The number of fused-ring (bicyclic) bond motifs is 1. The summed E-state index contributed by atoms with van der Waals surface area (Å²) >= 11 is 3.29. The van der Waals surface area contributed by atoms with Crippen LogP contribution in [0.15, 0.2) is 46.7 Å². The van der Waals surface area contributed by atoms with Crippen LogP contribution in [0, 0.1) is 12.7 Å². The van der Waals surface area contributed by atoms with Crippen molar-refractivity contribution in [3.05, 3.63) is 75.0 Å². The number of rotatable bonds is 6. The molecule has 8 heteroatoms. The predicted octanol–water partition coefficient (Wildman–Crippen LogP) is 5.11. The molecule has 0 radical (unpaired) electrons. The number of esters is 1. The van der Waals surface area contributed by atoms with Crippen molar-refractivity contribution >= 4 is 29.1 Å². The SMILES string of the molecule is Cc1nc(CSc2ccc(C(=O)OCc3cc(F)cc4c3OCOC4)cc2)cs1. The highest BCUT2D eigenvalue weighted by Gasteiger charge is 2.18. The lowest BCUT2D eigenvalue weighted by Crippen LogP contribution is -2.15. The van der Waals surface area contributed by atoms with Crippen LogP contribution in [0.4, 0.5) is 4.39 Å². The van der Waals surface area contributed by atoms with Crippen molar-refractivity contribution in [1.82, 2.24) is 4.98 Å². The van der Waals surface area contributed by atoms with Crippen LogP contribution in [0.3, 0.4) is 0 Å². The molecular weight excluding hydrogens is 413 g/mol. The van der Waals surface area contributed by atoms with Gasteiger partial charge in [0, 0.05) is 27.2 Å². The van der Waals surface area contributed by atoms with Crippen molar-refractivity contribution in [3.8, 4) is 5.75 Å². The Balaban J connectivity index is 1.36. The number of aromatic nitrogens is 1. The first-order valence-corrected chi connectivity index (χ1v) is 10.8. The van der Waals surface area contributed by atoms with Crippen molar-refractivity contribution in [2.24, 2.45) is 0 Å². The molecule has 0 spiro atoms. The van der Waals surface area contributed by atoms with Crippen molar-refractivity contribution in [2.45, 2.75) is 30.8 Å². The number of thiazole rings is 1. The topological polar surface area (TPSA) is 57.7 Å². The quantitative estimate of drug-likeness (QED) is 0.400. The zero-order valence-corrected chi connectivity index (χ0v) is 17.3. The van der Waals surface area contributed by atoms with Crippen molar-refractivity contribution < 1.29 is 23.4 Å². The van der Waals surface area contributed by atoms with Gasteiger partial charge in [-0.15, -0.1) is 23.1 Å². The van der Waals surface area contributed by atoms with Gasteiger partial charge in [-0.3, -0.25) is 0 Å². The van der Waals surface area contributed by atoms with Crippen molar-refractivity contribution in [2.75, 3.05) is 6.79 Å². The summed E-state index contributed by atoms with van der Waals surface area (Å²) in [7, 11) is 0. The third-order valence-corrected chi connectivity index (χ3v) is 6.12. The Morgan fingerprint density at radius 3 is 2.90 bits per heavy atom. The summed E-state index contributed by atoms with van der Waals surface area (Å²) in [6.45, 7) is 2.28. The molecule has 1 aromatic heterocycles. The second-order valence-electron chi connectivity index (χ2n) is 6.41. The maximum absolute atomic E-state index is 13.8. The molecule has 29 heavy (non-hydrogen) atoms. The molecular formula is C21H18FNO4S2. The molecule has 2 aromatic carbocycles. The molecule has 0 fully saturated rings. The largest absolute Gasteiger partial charge is 0.467 e. The van der Waals surface area contributed by atoms with Gasteiger partial charge in [-0.2, -0.15) is 0 Å². The molecule has 150 valence electrons. The molecule has 0 aliphatic carbocycles. The van der Waals surface area contributed by atoms with Gasteiger partial charge in [-0.25, -0.2) is 14.2 Å². The first-order valence-electron chi connectivity index (χ1n) is 8.91. The predicted molar refractivity (Wildman–Crippen MR) is 109 cm³/mol. The van der Waals surface area contributed by atoms with Crippen LogP contribution in [0.2, 0.25) is 0 Å². The number of hydrogen-bond acceptors (Lipinski definition) is 7. The van der Waals surface area contributed by atoms with E-state index in [2.05, 4.69) is 10.4 Å². The fourth-order valence-electron chi connectivity index (χ4n) is 2.91. The number of benzene rings is 2. The number of ether oxygens (including phenoxy) is 3. The Morgan fingerprint density at radius 1 is 1.31 bits per heavy atom. The van der Waals surface area contributed by atoms with Crippen LogP contribution >= 0.6 is 23.1 Å². The molecule has 2 heterocycles. The summed E-state index contributed by atoms with van der Waals surface area (Å²) in [5, 5.41) is 3.10. The van der Waals surface area contributed by atoms with Crippen LogP contribution < -0.4 is 4.74 Å². The van der Waals surface area contributed by atoms with Gasteiger partial charge < -0.3 is 14.2 Å². The zero-order valence-electron chi connectivity index (χ0n) is 15.6. The van der Waals surface area contributed by atoms with E-state index in [1.165, 1.54) is 12.1 Å². The highest BCUT2D eigenvalue weighted by molar-refractivity contribution is 7.98. The average Bonchev–Trinajstić information content (AvgIpc) is 3.15. The minimum Gasteiger partial charge on any atom is -0.467 e. The second-order valence-corrected chi connectivity index (χ2v) is 8.52. The van der Waals surface area contributed by atoms with Gasteiger partial charge in [0.05, 0.1) is 22.9 Å². The van der Waals surface area contributed by atoms with Crippen LogP contribution in [0.5, 0.6) is 5.75 Å². The normalized spacial score (nSPS) is 12.9. The number of nitrogens with zero attached hydrogens (tertiary/aromatic N) is 1. The van der Waals surface area contributed by atoms with E-state index in [0.29, 0.717) is 22.4 Å². The van der Waals surface area contributed by atoms with E-state index in [-0.39, 0.29) is 20.0 Å². The number of aryl methyl sites for hydroxylation is 1. The molecule has 0 N–H and O–H groups in total. The Kier molecular flexibility index (Phi) is 6.13. The lowest BCUT2D eigenvalue weighted by Gasteiger charge is -2.20. The lowest BCUT2D eigenvalue weighted by atomic mass is 10.1. The first-order chi connectivity index (χ1) is 14.1. The Bertz CT molecular complexity index is 1020. The maximum Gasteiger partial charge on any atom is 0.338 e. The summed E-state index contributed by atoms with van der Waals surface area (Å²) in [4.78, 5) is 17.8. The monoisotopic (exact) mass is 431 g/mol. The molecule has 0 atom stereocenters. The van der Waals surface area contributed by atoms with E-state index < -0.39 is 11.8 Å². The lowest BCUT2D eigenvalue weighted by molar-refractivity contribution is -0.0182. The maximum atomic E-state index is 13.8. The Hall–Kier alpha value is -2.42. The fraction of sp³-hybridized carbons (Fsp3) is 0.238. The first kappa shape index (κ1) is 19.9. The molecule has 3 aromatic rings. The van der Waals surface area contributed by atoms with Gasteiger partial charge in [0.2, 0.25) is 0 Å². The van der Waals surface area contributed by atoms with E-state index in [0.717, 1.165) is 21.3 Å². The number of halogens is 1. The van der Waals surface area contributed by atoms with Crippen LogP contribution in [-0.4, -0.2) is 17.7 Å². The van der Waals surface area contributed by atoms with Crippen LogP contribution in [-0.2, 0) is 28.4 Å². The van der Waals surface area contributed by atoms with Gasteiger partial charge in [0.1, 0.15) is 18.2 Å². The molecule has 1 aliphatic heterocycles. The highest BCUT2D eigenvalue weighted by atomic mass is 32.2. The highest BCUT2D eigenvalue weighted by Crippen LogP contribution is 2.30. The molecule has 0 saturated heterocycles. The molecule has 0 bridgehead atoms. The average molecular weight is 432 g/mol. The fourth-order valence-corrected chi connectivity index (χ4v) is 4.42. The third kappa shape index (κ3) is 4.95. The van der Waals surface area contributed by atoms with Crippen molar-refractivity contribution in [1.29, 1.82) is 0 Å². The Morgan fingerprint density at radius 2 is 2.14 bits per heavy atom. The van der Waals surface area contributed by atoms with E-state index >= 15 is 0 Å². The molecule has 0 amide bonds. The molecule has 1 aliphatic rings. The van der Waals surface area contributed by atoms with Crippen LogP contribution in [0.25, 0.3) is 0 Å². The second kappa shape index (κ2) is 8.94. The van der Waals surface area contributed by atoms with Crippen LogP contribution in [0.1, 0.15) is 32.2 Å². The summed E-state index contributed by atoms with van der Waals surface area (Å²) < 4.78 is 29.8. The van der Waals surface area contributed by atoms with Gasteiger partial charge in [-0.05, 0) is 43.3 Å². The van der Waals surface area contributed by atoms with Gasteiger partial charge >= 0.3 is 5.97 Å². The molecule has 4 rings (SSSR count). The molecule has 0 saturated carbocycles. The van der Waals surface area contributed by atoms with E-state index in [1.54, 1.807) is 35.2 Å². The third-order valence-electron chi connectivity index (χ3n) is 4.25. The van der Waals surface area contributed by atoms with E-state index in [4.69, 9.17) is 14.2 Å². The smallest absolute Gasteiger partial charge is 0.338 e. The number of carbonyl (C=O) groups excluding carboxylic acids is 1. The van der Waals surface area contributed by atoms with E-state index in [1.807, 2.05) is 19.1 Å². The summed E-state index contributed by atoms with van der Waals surface area (Å²) in [5.41, 5.74) is 2.58. The number of thioether (sulfide) groups is 1.